The van der Waals surface area contributed by atoms with Gasteiger partial charge in [-0.25, -0.2) is 8.78 Å². The van der Waals surface area contributed by atoms with Crippen molar-refractivity contribution < 1.29 is 18.3 Å². The van der Waals surface area contributed by atoms with E-state index in [1.54, 1.807) is 0 Å². The summed E-state index contributed by atoms with van der Waals surface area (Å²) in [6.07, 6.45) is 2.43. The lowest BCUT2D eigenvalue weighted by Crippen LogP contribution is -2.10. The van der Waals surface area contributed by atoms with E-state index in [4.69, 9.17) is 4.74 Å². The van der Waals surface area contributed by atoms with Crippen LogP contribution in [-0.4, -0.2) is 16.9 Å². The zero-order chi connectivity index (χ0) is 15.4. The molecule has 0 radical (unpaired) electrons. The van der Waals surface area contributed by atoms with Crippen molar-refractivity contribution in [2.75, 3.05) is 0 Å². The minimum absolute atomic E-state index is 0.0545. The normalized spacial score (nSPS) is 10.7. The average molecular weight is 291 g/mol. The summed E-state index contributed by atoms with van der Waals surface area (Å²) < 4.78 is 32.5. The van der Waals surface area contributed by atoms with Crippen LogP contribution in [0.4, 0.5) is 8.78 Å². The summed E-state index contributed by atoms with van der Waals surface area (Å²) in [6, 6.07) is 5.04. The first-order valence-corrected chi connectivity index (χ1v) is 6.55. The molecule has 0 amide bonds. The molecule has 110 valence electrons. The number of hydrogen-bond acceptors (Lipinski definition) is 3. The Morgan fingerprint density at radius 1 is 1.24 bits per heavy atom. The Morgan fingerprint density at radius 2 is 1.90 bits per heavy atom. The van der Waals surface area contributed by atoms with Crippen LogP contribution in [0.3, 0.4) is 0 Å². The highest BCUT2D eigenvalue weighted by Crippen LogP contribution is 2.18. The minimum Gasteiger partial charge on any atom is -0.489 e. The second-order valence-corrected chi connectivity index (χ2v) is 4.88. The van der Waals surface area contributed by atoms with Gasteiger partial charge in [0.25, 0.3) is 0 Å². The zero-order valence-corrected chi connectivity index (χ0v) is 11.8. The molecule has 1 aromatic carbocycles. The van der Waals surface area contributed by atoms with Crippen LogP contribution < -0.4 is 4.74 Å². The molecule has 2 rings (SSSR count). The van der Waals surface area contributed by atoms with Crippen LogP contribution in [0.15, 0.2) is 36.7 Å². The summed E-state index contributed by atoms with van der Waals surface area (Å²) in [5, 5.41) is 0. The number of hydrogen-bond donors (Lipinski definition) is 0. The van der Waals surface area contributed by atoms with Crippen molar-refractivity contribution in [1.29, 1.82) is 0 Å². The predicted octanol–water partition coefficient (Wildman–Crippen LogP) is 3.57. The Bertz CT molecular complexity index is 636. The lowest BCUT2D eigenvalue weighted by atomic mass is 10.0. The number of ether oxygens (including phenoxy) is 1. The van der Waals surface area contributed by atoms with Gasteiger partial charge in [-0.15, -0.1) is 0 Å². The van der Waals surface area contributed by atoms with Crippen LogP contribution in [-0.2, 0) is 6.42 Å². The quantitative estimate of drug-likeness (QED) is 0.790. The Labute approximate surface area is 121 Å². The standard InChI is InChI=1S/C16H15F2NO2/c1-10(2)21-12-6-11(8-19-9-12)16(20)7-13-14(17)4-3-5-15(13)18/h3-6,8-10H,7H2,1-2H3. The van der Waals surface area contributed by atoms with Gasteiger partial charge < -0.3 is 4.74 Å². The fourth-order valence-electron chi connectivity index (χ4n) is 1.87. The molecule has 1 heterocycles. The lowest BCUT2D eigenvalue weighted by Gasteiger charge is -2.10. The largest absolute Gasteiger partial charge is 0.489 e. The molecule has 5 heteroatoms. The molecular weight excluding hydrogens is 276 g/mol. The molecule has 0 unspecified atom stereocenters. The van der Waals surface area contributed by atoms with Gasteiger partial charge in [0, 0.05) is 23.7 Å². The van der Waals surface area contributed by atoms with Crippen LogP contribution in [0.5, 0.6) is 5.75 Å². The molecule has 0 saturated carbocycles. The SMILES string of the molecule is CC(C)Oc1cncc(C(=O)Cc2c(F)cccc2F)c1. The molecule has 0 aliphatic rings. The van der Waals surface area contributed by atoms with Gasteiger partial charge in [-0.1, -0.05) is 6.07 Å². The highest BCUT2D eigenvalue weighted by molar-refractivity contribution is 5.97. The Morgan fingerprint density at radius 3 is 2.52 bits per heavy atom. The molecule has 21 heavy (non-hydrogen) atoms. The number of benzene rings is 1. The number of ketones is 1. The number of Topliss-reactive ketones (excluding diaryl/α,β-unsaturated/α-hetero) is 1. The van der Waals surface area contributed by atoms with E-state index >= 15 is 0 Å². The van der Waals surface area contributed by atoms with Crippen molar-refractivity contribution in [2.45, 2.75) is 26.4 Å². The molecule has 0 N–H and O–H groups in total. The molecule has 0 fully saturated rings. The van der Waals surface area contributed by atoms with Crippen LogP contribution in [0.1, 0.15) is 29.8 Å². The van der Waals surface area contributed by atoms with Crippen molar-refractivity contribution in [3.05, 3.63) is 59.4 Å². The molecule has 0 spiro atoms. The number of halogens is 2. The number of rotatable bonds is 5. The fraction of sp³-hybridized carbons (Fsp3) is 0.250. The molecule has 0 bridgehead atoms. The first-order valence-electron chi connectivity index (χ1n) is 6.55. The highest BCUT2D eigenvalue weighted by atomic mass is 19.1. The summed E-state index contributed by atoms with van der Waals surface area (Å²) in [6.45, 7) is 3.70. The average Bonchev–Trinajstić information content (AvgIpc) is 2.42. The van der Waals surface area contributed by atoms with Crippen LogP contribution >= 0.6 is 0 Å². The van der Waals surface area contributed by atoms with Gasteiger partial charge in [-0.3, -0.25) is 9.78 Å². The Kier molecular flexibility index (Phi) is 4.62. The van der Waals surface area contributed by atoms with Crippen molar-refractivity contribution in [3.8, 4) is 5.75 Å². The number of nitrogens with zero attached hydrogens (tertiary/aromatic N) is 1. The summed E-state index contributed by atoms with van der Waals surface area (Å²) in [4.78, 5) is 16.0. The van der Waals surface area contributed by atoms with Crippen LogP contribution in [0.2, 0.25) is 0 Å². The van der Waals surface area contributed by atoms with Crippen LogP contribution in [0, 0.1) is 11.6 Å². The molecule has 0 aliphatic heterocycles. The van der Waals surface area contributed by atoms with E-state index in [1.165, 1.54) is 24.5 Å². The van der Waals surface area contributed by atoms with E-state index < -0.39 is 17.4 Å². The molecular formula is C16H15F2NO2. The predicted molar refractivity (Wildman–Crippen MR) is 74.4 cm³/mol. The highest BCUT2D eigenvalue weighted by Gasteiger charge is 2.15. The Hall–Kier alpha value is -2.30. The molecule has 0 saturated heterocycles. The fourth-order valence-corrected chi connectivity index (χ4v) is 1.87. The third kappa shape index (κ3) is 3.84. The van der Waals surface area contributed by atoms with Gasteiger partial charge in [-0.2, -0.15) is 0 Å². The smallest absolute Gasteiger partial charge is 0.169 e. The number of aromatic nitrogens is 1. The molecule has 0 aliphatic carbocycles. The van der Waals surface area contributed by atoms with Gasteiger partial charge in [0.2, 0.25) is 0 Å². The minimum atomic E-state index is -0.731. The number of pyridine rings is 1. The topological polar surface area (TPSA) is 39.2 Å². The maximum absolute atomic E-state index is 13.5. The first-order chi connectivity index (χ1) is 9.97. The maximum Gasteiger partial charge on any atom is 0.169 e. The Balaban J connectivity index is 2.21. The summed E-state index contributed by atoms with van der Waals surface area (Å²) in [5.41, 5.74) is 0.0217. The molecule has 3 nitrogen and oxygen atoms in total. The maximum atomic E-state index is 13.5. The van der Waals surface area contributed by atoms with Crippen molar-refractivity contribution in [2.24, 2.45) is 0 Å². The zero-order valence-electron chi connectivity index (χ0n) is 11.8. The summed E-state index contributed by atoms with van der Waals surface area (Å²) in [7, 11) is 0. The van der Waals surface area contributed by atoms with Crippen LogP contribution in [0.25, 0.3) is 0 Å². The number of carbonyl (C=O) groups excluding carboxylic acids is 1. The van der Waals surface area contributed by atoms with E-state index in [0.717, 1.165) is 12.1 Å². The molecule has 2 aromatic rings. The summed E-state index contributed by atoms with van der Waals surface area (Å²) >= 11 is 0. The molecule has 1 aromatic heterocycles. The van der Waals surface area contributed by atoms with Crippen molar-refractivity contribution in [1.82, 2.24) is 4.98 Å². The van der Waals surface area contributed by atoms with Gasteiger partial charge >= 0.3 is 0 Å². The summed E-state index contributed by atoms with van der Waals surface area (Å²) in [5.74, 6) is -1.43. The monoisotopic (exact) mass is 291 g/mol. The van der Waals surface area contributed by atoms with E-state index in [-0.39, 0.29) is 23.7 Å². The van der Waals surface area contributed by atoms with Gasteiger partial charge in [0.1, 0.15) is 17.4 Å². The third-order valence-corrected chi connectivity index (χ3v) is 2.81. The van der Waals surface area contributed by atoms with E-state index in [0.29, 0.717) is 5.75 Å². The second-order valence-electron chi connectivity index (χ2n) is 4.88. The van der Waals surface area contributed by atoms with Crippen molar-refractivity contribution in [3.63, 3.8) is 0 Å². The van der Waals surface area contributed by atoms with Gasteiger partial charge in [-0.05, 0) is 32.0 Å². The van der Waals surface area contributed by atoms with Gasteiger partial charge in [0.05, 0.1) is 12.3 Å². The molecule has 0 atom stereocenters. The first kappa shape index (κ1) is 15.1. The van der Waals surface area contributed by atoms with E-state index in [1.807, 2.05) is 13.8 Å². The van der Waals surface area contributed by atoms with E-state index in [9.17, 15) is 13.6 Å². The lowest BCUT2D eigenvalue weighted by molar-refractivity contribution is 0.0989. The third-order valence-electron chi connectivity index (χ3n) is 2.81. The van der Waals surface area contributed by atoms with Gasteiger partial charge in [0.15, 0.2) is 5.78 Å². The number of carbonyl (C=O) groups is 1. The van der Waals surface area contributed by atoms with Crippen molar-refractivity contribution >= 4 is 5.78 Å². The second kappa shape index (κ2) is 6.43. The van der Waals surface area contributed by atoms with E-state index in [2.05, 4.69) is 4.98 Å².